The molecule has 1 amide bonds. The van der Waals surface area contributed by atoms with Crippen LogP contribution in [0.4, 0.5) is 5.69 Å². The smallest absolute Gasteiger partial charge is 0.244 e. The fourth-order valence-electron chi connectivity index (χ4n) is 2.99. The van der Waals surface area contributed by atoms with Gasteiger partial charge in [-0.15, -0.1) is 0 Å². The van der Waals surface area contributed by atoms with Crippen LogP contribution in [-0.4, -0.2) is 27.0 Å². The van der Waals surface area contributed by atoms with E-state index in [4.69, 9.17) is 4.98 Å². The van der Waals surface area contributed by atoms with Gasteiger partial charge in [0.25, 0.3) is 0 Å². The Kier molecular flexibility index (Phi) is 6.87. The predicted molar refractivity (Wildman–Crippen MR) is 115 cm³/mol. The first-order valence-corrected chi connectivity index (χ1v) is 10.6. The van der Waals surface area contributed by atoms with E-state index in [1.807, 2.05) is 28.8 Å². The Morgan fingerprint density at radius 2 is 1.93 bits per heavy atom. The first kappa shape index (κ1) is 20.1. The van der Waals surface area contributed by atoms with Crippen molar-refractivity contribution in [2.24, 2.45) is 0 Å². The second-order valence-corrected chi connectivity index (χ2v) is 7.77. The molecule has 0 radical (unpaired) electrons. The molecule has 1 N–H and O–H groups in total. The molecule has 0 aliphatic carbocycles. The molecule has 0 fully saturated rings. The van der Waals surface area contributed by atoms with Crippen LogP contribution in [0.2, 0.25) is 0 Å². The van der Waals surface area contributed by atoms with Gasteiger partial charge in [0.1, 0.15) is 6.54 Å². The van der Waals surface area contributed by atoms with Crippen molar-refractivity contribution >= 4 is 40.2 Å². The first-order valence-electron chi connectivity index (χ1n) is 9.57. The van der Waals surface area contributed by atoms with Crippen molar-refractivity contribution in [2.45, 2.75) is 44.8 Å². The molecule has 0 unspecified atom stereocenters. The average Bonchev–Trinajstić information content (AvgIpc) is 3.03. The van der Waals surface area contributed by atoms with Gasteiger partial charge in [0.2, 0.25) is 5.91 Å². The third-order valence-electron chi connectivity index (χ3n) is 4.45. The van der Waals surface area contributed by atoms with E-state index in [2.05, 4.69) is 12.2 Å². The molecule has 3 rings (SSSR count). The molecular weight excluding hydrogens is 370 g/mol. The highest BCUT2D eigenvalue weighted by Crippen LogP contribution is 2.25. The van der Waals surface area contributed by atoms with Crippen LogP contribution in [0.25, 0.3) is 11.0 Å². The predicted octanol–water partition coefficient (Wildman–Crippen LogP) is 5.16. The van der Waals surface area contributed by atoms with E-state index in [-0.39, 0.29) is 18.2 Å². The number of ketones is 1. The summed E-state index contributed by atoms with van der Waals surface area (Å²) in [7, 11) is 0. The molecule has 0 aliphatic heterocycles. The molecule has 0 bridgehead atoms. The number of hydrogen-bond donors (Lipinski definition) is 1. The lowest BCUT2D eigenvalue weighted by atomic mass is 10.1. The fraction of sp³-hybridized carbons (Fsp3) is 0.318. The third-order valence-corrected chi connectivity index (χ3v) is 5.52. The number of para-hydroxylation sites is 2. The molecule has 0 atom stereocenters. The number of nitrogens with one attached hydrogen (secondary N) is 1. The summed E-state index contributed by atoms with van der Waals surface area (Å²) in [5, 5.41) is 3.76. The Bertz CT molecular complexity index is 981. The van der Waals surface area contributed by atoms with Gasteiger partial charge in [0, 0.05) is 17.0 Å². The van der Waals surface area contributed by atoms with E-state index in [1.54, 1.807) is 36.0 Å². The van der Waals surface area contributed by atoms with Gasteiger partial charge in [-0.3, -0.25) is 9.59 Å². The largest absolute Gasteiger partial charge is 0.325 e. The highest BCUT2D eigenvalue weighted by atomic mass is 32.2. The van der Waals surface area contributed by atoms with E-state index in [0.29, 0.717) is 11.3 Å². The Labute approximate surface area is 169 Å². The summed E-state index contributed by atoms with van der Waals surface area (Å²) in [5.41, 5.74) is 3.05. The summed E-state index contributed by atoms with van der Waals surface area (Å²) >= 11 is 1.69. The number of fused-ring (bicyclic) bond motifs is 1. The SMILES string of the molecule is CCCCCSc1nc2ccccc2n1CC(=O)Nc1cccc(C(C)=O)c1. The molecule has 0 spiro atoms. The third kappa shape index (κ3) is 5.01. The molecule has 5 nitrogen and oxygen atoms in total. The number of nitrogens with zero attached hydrogens (tertiary/aromatic N) is 2. The van der Waals surface area contributed by atoms with Crippen LogP contribution in [0.15, 0.2) is 53.7 Å². The molecular formula is C22H25N3O2S. The minimum Gasteiger partial charge on any atom is -0.325 e. The maximum Gasteiger partial charge on any atom is 0.244 e. The van der Waals surface area contributed by atoms with Crippen molar-refractivity contribution in [1.29, 1.82) is 0 Å². The summed E-state index contributed by atoms with van der Waals surface area (Å²) in [6.07, 6.45) is 3.51. The maximum atomic E-state index is 12.7. The highest BCUT2D eigenvalue weighted by Gasteiger charge is 2.14. The fourth-order valence-corrected chi connectivity index (χ4v) is 4.00. The number of imidazole rings is 1. The Morgan fingerprint density at radius 1 is 1.11 bits per heavy atom. The summed E-state index contributed by atoms with van der Waals surface area (Å²) in [6, 6.07) is 14.9. The second kappa shape index (κ2) is 9.55. The van der Waals surface area contributed by atoms with Crippen LogP contribution in [0.1, 0.15) is 43.5 Å². The summed E-state index contributed by atoms with van der Waals surface area (Å²) in [4.78, 5) is 28.9. The molecule has 28 heavy (non-hydrogen) atoms. The number of carbonyl (C=O) groups is 2. The van der Waals surface area contributed by atoms with Crippen LogP contribution >= 0.6 is 11.8 Å². The van der Waals surface area contributed by atoms with Crippen molar-refractivity contribution in [1.82, 2.24) is 9.55 Å². The molecule has 0 saturated carbocycles. The van der Waals surface area contributed by atoms with Crippen molar-refractivity contribution in [3.63, 3.8) is 0 Å². The van der Waals surface area contributed by atoms with Crippen molar-refractivity contribution < 1.29 is 9.59 Å². The number of benzene rings is 2. The van der Waals surface area contributed by atoms with Crippen molar-refractivity contribution in [3.05, 3.63) is 54.1 Å². The van der Waals surface area contributed by atoms with Gasteiger partial charge in [-0.1, -0.05) is 55.8 Å². The zero-order valence-electron chi connectivity index (χ0n) is 16.3. The average molecular weight is 396 g/mol. The topological polar surface area (TPSA) is 64.0 Å². The monoisotopic (exact) mass is 395 g/mol. The van der Waals surface area contributed by atoms with E-state index in [1.165, 1.54) is 19.8 Å². The number of amides is 1. The Morgan fingerprint density at radius 3 is 2.71 bits per heavy atom. The normalized spacial score (nSPS) is 10.9. The molecule has 1 aromatic heterocycles. The lowest BCUT2D eigenvalue weighted by Crippen LogP contribution is -2.19. The zero-order chi connectivity index (χ0) is 19.9. The molecule has 146 valence electrons. The van der Waals surface area contributed by atoms with Crippen molar-refractivity contribution in [3.8, 4) is 0 Å². The number of thioether (sulfide) groups is 1. The highest BCUT2D eigenvalue weighted by molar-refractivity contribution is 7.99. The number of aromatic nitrogens is 2. The van der Waals surface area contributed by atoms with Crippen LogP contribution in [-0.2, 0) is 11.3 Å². The number of carbonyl (C=O) groups excluding carboxylic acids is 2. The molecule has 6 heteroatoms. The van der Waals surface area contributed by atoms with Gasteiger partial charge in [-0.2, -0.15) is 0 Å². The number of hydrogen-bond acceptors (Lipinski definition) is 4. The van der Waals surface area contributed by atoms with Gasteiger partial charge in [-0.25, -0.2) is 4.98 Å². The summed E-state index contributed by atoms with van der Waals surface area (Å²) in [6.45, 7) is 3.88. The summed E-state index contributed by atoms with van der Waals surface area (Å²) < 4.78 is 1.97. The van der Waals surface area contributed by atoms with Crippen molar-refractivity contribution in [2.75, 3.05) is 11.1 Å². The molecule has 3 aromatic rings. The lowest BCUT2D eigenvalue weighted by Gasteiger charge is -2.10. The van der Waals surface area contributed by atoms with Crippen LogP contribution in [0.5, 0.6) is 0 Å². The van der Waals surface area contributed by atoms with E-state index in [9.17, 15) is 9.59 Å². The van der Waals surface area contributed by atoms with Gasteiger partial charge in [-0.05, 0) is 37.6 Å². The zero-order valence-corrected chi connectivity index (χ0v) is 17.1. The maximum absolute atomic E-state index is 12.7. The van der Waals surface area contributed by atoms with E-state index < -0.39 is 0 Å². The lowest BCUT2D eigenvalue weighted by molar-refractivity contribution is -0.116. The number of anilines is 1. The molecule has 2 aromatic carbocycles. The number of rotatable bonds is 9. The van der Waals surface area contributed by atoms with Crippen LogP contribution in [0.3, 0.4) is 0 Å². The van der Waals surface area contributed by atoms with E-state index in [0.717, 1.165) is 28.4 Å². The molecule has 1 heterocycles. The van der Waals surface area contributed by atoms with E-state index >= 15 is 0 Å². The quantitative estimate of drug-likeness (QED) is 0.309. The molecule has 0 saturated heterocycles. The first-order chi connectivity index (χ1) is 13.6. The second-order valence-electron chi connectivity index (χ2n) is 6.71. The van der Waals surface area contributed by atoms with Gasteiger partial charge in [0.15, 0.2) is 10.9 Å². The van der Waals surface area contributed by atoms with Crippen LogP contribution in [0, 0.1) is 0 Å². The number of Topliss-reactive ketones (excluding diaryl/α,β-unsaturated/α-hetero) is 1. The Hall–Kier alpha value is -2.60. The van der Waals surface area contributed by atoms with Crippen LogP contribution < -0.4 is 5.32 Å². The minimum absolute atomic E-state index is 0.0255. The minimum atomic E-state index is -0.140. The van der Waals surface area contributed by atoms with Gasteiger partial charge < -0.3 is 9.88 Å². The number of unbranched alkanes of at least 4 members (excludes halogenated alkanes) is 2. The van der Waals surface area contributed by atoms with Gasteiger partial charge >= 0.3 is 0 Å². The summed E-state index contributed by atoms with van der Waals surface area (Å²) in [5.74, 6) is 0.820. The molecule has 0 aliphatic rings. The Balaban J connectivity index is 1.77. The van der Waals surface area contributed by atoms with Gasteiger partial charge in [0.05, 0.1) is 11.0 Å². The standard InChI is InChI=1S/C22H25N3O2S/c1-3-4-7-13-28-22-24-19-11-5-6-12-20(19)25(22)15-21(27)23-18-10-8-9-17(14-18)16(2)26/h5-6,8-12,14H,3-4,7,13,15H2,1-2H3,(H,23,27).